The molecule has 0 atom stereocenters. The Morgan fingerprint density at radius 2 is 1.75 bits per heavy atom. The molecular formula is C19H28O. The zero-order chi connectivity index (χ0) is 14.4. The summed E-state index contributed by atoms with van der Waals surface area (Å²) in [6, 6.07) is 8.27. The van der Waals surface area contributed by atoms with Crippen LogP contribution in [-0.2, 0) is 6.42 Å². The van der Waals surface area contributed by atoms with Crippen LogP contribution in [0.3, 0.4) is 0 Å². The second-order valence-electron chi connectivity index (χ2n) is 6.76. The lowest BCUT2D eigenvalue weighted by Gasteiger charge is -2.20. The van der Waals surface area contributed by atoms with Gasteiger partial charge < -0.3 is 0 Å². The molecule has 0 aromatic heterocycles. The highest BCUT2D eigenvalue weighted by molar-refractivity contribution is 5.96. The average Bonchev–Trinajstić information content (AvgIpc) is 2.46. The summed E-state index contributed by atoms with van der Waals surface area (Å²) < 4.78 is 0. The minimum Gasteiger partial charge on any atom is -0.294 e. The Bertz CT molecular complexity index is 410. The van der Waals surface area contributed by atoms with E-state index in [0.717, 1.165) is 30.7 Å². The fourth-order valence-corrected chi connectivity index (χ4v) is 3.25. The molecule has 1 saturated carbocycles. The summed E-state index contributed by atoms with van der Waals surface area (Å²) in [6.07, 6.45) is 9.70. The molecule has 0 N–H and O–H groups in total. The quantitative estimate of drug-likeness (QED) is 0.631. The van der Waals surface area contributed by atoms with E-state index < -0.39 is 0 Å². The van der Waals surface area contributed by atoms with E-state index in [4.69, 9.17) is 0 Å². The highest BCUT2D eigenvalue weighted by Crippen LogP contribution is 2.27. The van der Waals surface area contributed by atoms with Crippen molar-refractivity contribution in [3.05, 3.63) is 35.4 Å². The molecule has 0 saturated heterocycles. The van der Waals surface area contributed by atoms with Gasteiger partial charge in [0.15, 0.2) is 5.78 Å². The molecule has 110 valence electrons. The van der Waals surface area contributed by atoms with Gasteiger partial charge in [-0.2, -0.15) is 0 Å². The predicted molar refractivity (Wildman–Crippen MR) is 85.1 cm³/mol. The fraction of sp³-hybridized carbons (Fsp3) is 0.632. The zero-order valence-corrected chi connectivity index (χ0v) is 13.0. The average molecular weight is 272 g/mol. The zero-order valence-electron chi connectivity index (χ0n) is 13.0. The molecule has 0 aliphatic heterocycles. The van der Waals surface area contributed by atoms with Crippen LogP contribution in [0.4, 0.5) is 0 Å². The van der Waals surface area contributed by atoms with Gasteiger partial charge in [-0.15, -0.1) is 0 Å². The summed E-state index contributed by atoms with van der Waals surface area (Å²) in [5.74, 6) is 1.79. The maximum atomic E-state index is 12.2. The molecule has 0 spiro atoms. The molecule has 1 aliphatic rings. The number of carbonyl (C=O) groups is 1. The van der Waals surface area contributed by atoms with Gasteiger partial charge in [0, 0.05) is 12.0 Å². The lowest BCUT2D eigenvalue weighted by Crippen LogP contribution is -2.09. The number of carbonyl (C=O) groups excluding carboxylic acids is 1. The molecule has 1 nitrogen and oxygen atoms in total. The molecule has 0 heterocycles. The minimum absolute atomic E-state index is 0.326. The van der Waals surface area contributed by atoms with Crippen molar-refractivity contribution in [3.63, 3.8) is 0 Å². The number of hydrogen-bond acceptors (Lipinski definition) is 1. The molecule has 1 aliphatic carbocycles. The smallest absolute Gasteiger partial charge is 0.162 e. The second kappa shape index (κ2) is 7.61. The van der Waals surface area contributed by atoms with Crippen molar-refractivity contribution in [2.45, 2.75) is 65.2 Å². The van der Waals surface area contributed by atoms with E-state index in [-0.39, 0.29) is 0 Å². The summed E-state index contributed by atoms with van der Waals surface area (Å²) in [7, 11) is 0. The fourth-order valence-electron chi connectivity index (χ4n) is 3.25. The van der Waals surface area contributed by atoms with Crippen LogP contribution in [0.2, 0.25) is 0 Å². The normalized spacial score (nSPS) is 16.6. The van der Waals surface area contributed by atoms with Gasteiger partial charge in [-0.1, -0.05) is 70.2 Å². The van der Waals surface area contributed by atoms with Crippen LogP contribution in [0.15, 0.2) is 24.3 Å². The molecule has 0 unspecified atom stereocenters. The predicted octanol–water partition coefficient (Wildman–Crippen LogP) is 5.43. The molecule has 0 radical (unpaired) electrons. The van der Waals surface area contributed by atoms with E-state index >= 15 is 0 Å². The topological polar surface area (TPSA) is 17.1 Å². The van der Waals surface area contributed by atoms with Gasteiger partial charge in [-0.3, -0.25) is 4.79 Å². The first-order valence-electron chi connectivity index (χ1n) is 8.27. The van der Waals surface area contributed by atoms with Gasteiger partial charge >= 0.3 is 0 Å². The Morgan fingerprint density at radius 1 is 1.10 bits per heavy atom. The van der Waals surface area contributed by atoms with E-state index in [0.29, 0.717) is 11.7 Å². The molecule has 1 aromatic rings. The van der Waals surface area contributed by atoms with E-state index in [1.54, 1.807) is 0 Å². The van der Waals surface area contributed by atoms with Crippen LogP contribution in [0.1, 0.15) is 74.7 Å². The molecule has 1 aromatic carbocycles. The lowest BCUT2D eigenvalue weighted by molar-refractivity contribution is 0.0970. The number of hydrogen-bond donors (Lipinski definition) is 0. The molecule has 0 amide bonds. The molecular weight excluding hydrogens is 244 g/mol. The number of rotatable bonds is 6. The summed E-state index contributed by atoms with van der Waals surface area (Å²) in [4.78, 5) is 12.2. The van der Waals surface area contributed by atoms with Crippen LogP contribution in [0, 0.1) is 11.8 Å². The van der Waals surface area contributed by atoms with Crippen molar-refractivity contribution in [1.29, 1.82) is 0 Å². The molecule has 20 heavy (non-hydrogen) atoms. The first-order chi connectivity index (χ1) is 9.65. The van der Waals surface area contributed by atoms with Crippen LogP contribution in [0.5, 0.6) is 0 Å². The molecule has 1 fully saturated rings. The van der Waals surface area contributed by atoms with Gasteiger partial charge in [0.2, 0.25) is 0 Å². The third kappa shape index (κ3) is 4.77. The van der Waals surface area contributed by atoms with Gasteiger partial charge in [0.25, 0.3) is 0 Å². The van der Waals surface area contributed by atoms with Gasteiger partial charge in [-0.05, 0) is 30.2 Å². The lowest BCUT2D eigenvalue weighted by atomic mass is 9.85. The van der Waals surface area contributed by atoms with Crippen molar-refractivity contribution in [2.24, 2.45) is 11.8 Å². The van der Waals surface area contributed by atoms with Crippen LogP contribution >= 0.6 is 0 Å². The highest BCUT2D eigenvalue weighted by Gasteiger charge is 2.15. The maximum absolute atomic E-state index is 12.2. The number of Topliss-reactive ketones (excluding diaryl/α,β-unsaturated/α-hetero) is 1. The Morgan fingerprint density at radius 3 is 2.35 bits per heavy atom. The van der Waals surface area contributed by atoms with Crippen molar-refractivity contribution in [2.75, 3.05) is 0 Å². The second-order valence-corrected chi connectivity index (χ2v) is 6.76. The standard InChI is InChI=1S/C19H28O/c1-15(2)14-17-8-11-18(12-9-17)19(20)13-10-16-6-4-3-5-7-16/h8-9,11-12,15-16H,3-7,10,13-14H2,1-2H3. The third-order valence-electron chi connectivity index (χ3n) is 4.42. The summed E-state index contributed by atoms with van der Waals surface area (Å²) in [5, 5.41) is 0. The summed E-state index contributed by atoms with van der Waals surface area (Å²) in [6.45, 7) is 4.45. The molecule has 1 heteroatoms. The summed E-state index contributed by atoms with van der Waals surface area (Å²) in [5.41, 5.74) is 2.23. The SMILES string of the molecule is CC(C)Cc1ccc(C(=O)CCC2CCCCC2)cc1. The maximum Gasteiger partial charge on any atom is 0.162 e. The van der Waals surface area contributed by atoms with E-state index in [9.17, 15) is 4.79 Å². The largest absolute Gasteiger partial charge is 0.294 e. The van der Waals surface area contributed by atoms with E-state index in [1.165, 1.54) is 37.7 Å². The Balaban J connectivity index is 1.82. The highest BCUT2D eigenvalue weighted by atomic mass is 16.1. The van der Waals surface area contributed by atoms with Crippen molar-refractivity contribution >= 4 is 5.78 Å². The van der Waals surface area contributed by atoms with E-state index in [2.05, 4.69) is 26.0 Å². The molecule has 2 rings (SSSR count). The monoisotopic (exact) mass is 272 g/mol. The van der Waals surface area contributed by atoms with Crippen LogP contribution in [0.25, 0.3) is 0 Å². The molecule has 0 bridgehead atoms. The van der Waals surface area contributed by atoms with Gasteiger partial charge in [0.05, 0.1) is 0 Å². The summed E-state index contributed by atoms with van der Waals surface area (Å²) >= 11 is 0. The van der Waals surface area contributed by atoms with Gasteiger partial charge in [-0.25, -0.2) is 0 Å². The van der Waals surface area contributed by atoms with Crippen LogP contribution in [-0.4, -0.2) is 5.78 Å². The van der Waals surface area contributed by atoms with Crippen LogP contribution < -0.4 is 0 Å². The Labute approximate surface area is 123 Å². The Kier molecular flexibility index (Phi) is 5.82. The van der Waals surface area contributed by atoms with Crippen molar-refractivity contribution in [3.8, 4) is 0 Å². The van der Waals surface area contributed by atoms with Crippen molar-refractivity contribution < 1.29 is 4.79 Å². The van der Waals surface area contributed by atoms with Gasteiger partial charge in [0.1, 0.15) is 0 Å². The van der Waals surface area contributed by atoms with Crippen molar-refractivity contribution in [1.82, 2.24) is 0 Å². The first kappa shape index (κ1) is 15.3. The van der Waals surface area contributed by atoms with E-state index in [1.807, 2.05) is 12.1 Å². The first-order valence-corrected chi connectivity index (χ1v) is 8.27. The number of benzene rings is 1. The number of ketones is 1. The third-order valence-corrected chi connectivity index (χ3v) is 4.42. The minimum atomic E-state index is 0.326. The Hall–Kier alpha value is -1.11.